The molecule has 0 bridgehead atoms. The highest BCUT2D eigenvalue weighted by Crippen LogP contribution is 2.20. The number of anilines is 1. The first-order valence-corrected chi connectivity index (χ1v) is 5.59. The molecule has 17 heavy (non-hydrogen) atoms. The van der Waals surface area contributed by atoms with Crippen LogP contribution in [-0.4, -0.2) is 49.7 Å². The van der Waals surface area contributed by atoms with E-state index >= 15 is 0 Å². The van der Waals surface area contributed by atoms with Gasteiger partial charge < -0.3 is 25.6 Å². The fourth-order valence-corrected chi connectivity index (χ4v) is 1.58. The minimum Gasteiger partial charge on any atom is -0.497 e. The Kier molecular flexibility index (Phi) is 5.76. The number of ether oxygens (including phenoxy) is 1. The highest BCUT2D eigenvalue weighted by atomic mass is 16.5. The second kappa shape index (κ2) is 7.11. The zero-order chi connectivity index (χ0) is 12.7. The Morgan fingerprint density at radius 1 is 1.47 bits per heavy atom. The lowest BCUT2D eigenvalue weighted by atomic mass is 10.2. The second-order valence-corrected chi connectivity index (χ2v) is 3.76. The van der Waals surface area contributed by atoms with Gasteiger partial charge in [-0.25, -0.2) is 0 Å². The van der Waals surface area contributed by atoms with E-state index in [1.807, 2.05) is 29.2 Å². The molecule has 4 N–H and O–H groups in total. The van der Waals surface area contributed by atoms with E-state index in [0.717, 1.165) is 11.4 Å². The van der Waals surface area contributed by atoms with Crippen LogP contribution < -0.4 is 15.4 Å². The summed E-state index contributed by atoms with van der Waals surface area (Å²) in [7, 11) is 1.60. The Balaban J connectivity index is 2.80. The average molecular weight is 240 g/mol. The lowest BCUT2D eigenvalue weighted by Crippen LogP contribution is -2.38. The number of aliphatic hydroxyl groups is 2. The van der Waals surface area contributed by atoms with E-state index in [1.54, 1.807) is 7.11 Å². The summed E-state index contributed by atoms with van der Waals surface area (Å²) >= 11 is 0. The highest BCUT2D eigenvalue weighted by Gasteiger charge is 2.11. The van der Waals surface area contributed by atoms with Crippen LogP contribution >= 0.6 is 0 Å². The van der Waals surface area contributed by atoms with E-state index in [4.69, 9.17) is 15.6 Å². The van der Waals surface area contributed by atoms with Crippen LogP contribution in [0.5, 0.6) is 5.75 Å². The van der Waals surface area contributed by atoms with Crippen molar-refractivity contribution in [3.05, 3.63) is 24.3 Å². The van der Waals surface area contributed by atoms with E-state index < -0.39 is 6.10 Å². The number of aliphatic hydroxyl groups excluding tert-OH is 2. The lowest BCUT2D eigenvalue weighted by Gasteiger charge is -2.26. The summed E-state index contributed by atoms with van der Waals surface area (Å²) in [5.41, 5.74) is 6.28. The zero-order valence-corrected chi connectivity index (χ0v) is 10.0. The summed E-state index contributed by atoms with van der Waals surface area (Å²) < 4.78 is 5.14. The first kappa shape index (κ1) is 13.8. The molecule has 1 aromatic rings. The normalized spacial score (nSPS) is 12.2. The third kappa shape index (κ3) is 4.22. The lowest BCUT2D eigenvalue weighted by molar-refractivity contribution is 0.185. The van der Waals surface area contributed by atoms with Crippen LogP contribution in [-0.2, 0) is 0 Å². The molecule has 0 aromatic heterocycles. The molecule has 5 nitrogen and oxygen atoms in total. The van der Waals surface area contributed by atoms with Crippen molar-refractivity contribution in [1.29, 1.82) is 0 Å². The van der Waals surface area contributed by atoms with Crippen LogP contribution in [0, 0.1) is 0 Å². The number of nitrogens with two attached hydrogens (primary N) is 1. The molecule has 1 aromatic carbocycles. The third-order valence-corrected chi connectivity index (χ3v) is 2.49. The van der Waals surface area contributed by atoms with Gasteiger partial charge in [0.25, 0.3) is 0 Å². The van der Waals surface area contributed by atoms with E-state index in [2.05, 4.69) is 0 Å². The summed E-state index contributed by atoms with van der Waals surface area (Å²) in [5, 5.41) is 18.6. The molecule has 5 heteroatoms. The Labute approximate surface area is 101 Å². The molecule has 0 radical (unpaired) electrons. The summed E-state index contributed by atoms with van der Waals surface area (Å²) in [5.74, 6) is 0.743. The van der Waals surface area contributed by atoms with Crippen LogP contribution in [0.2, 0.25) is 0 Å². The molecule has 96 valence electrons. The van der Waals surface area contributed by atoms with Gasteiger partial charge in [0.1, 0.15) is 5.75 Å². The van der Waals surface area contributed by atoms with Gasteiger partial charge in [-0.05, 0) is 12.1 Å². The van der Waals surface area contributed by atoms with Gasteiger partial charge >= 0.3 is 0 Å². The molecule has 1 unspecified atom stereocenters. The second-order valence-electron chi connectivity index (χ2n) is 3.76. The van der Waals surface area contributed by atoms with Crippen molar-refractivity contribution in [1.82, 2.24) is 0 Å². The Morgan fingerprint density at radius 2 is 2.24 bits per heavy atom. The summed E-state index contributed by atoms with van der Waals surface area (Å²) in [4.78, 5) is 1.88. The summed E-state index contributed by atoms with van der Waals surface area (Å²) in [6.07, 6.45) is -0.604. The maximum Gasteiger partial charge on any atom is 0.120 e. The van der Waals surface area contributed by atoms with Gasteiger partial charge in [-0.2, -0.15) is 0 Å². The summed E-state index contributed by atoms with van der Waals surface area (Å²) in [6, 6.07) is 7.48. The van der Waals surface area contributed by atoms with Crippen molar-refractivity contribution in [3.63, 3.8) is 0 Å². The monoisotopic (exact) mass is 240 g/mol. The molecule has 0 saturated heterocycles. The maximum atomic E-state index is 9.56. The molecule has 0 aliphatic heterocycles. The Bertz CT molecular complexity index is 333. The van der Waals surface area contributed by atoms with Crippen LogP contribution in [0.4, 0.5) is 5.69 Å². The van der Waals surface area contributed by atoms with Crippen LogP contribution in [0.25, 0.3) is 0 Å². The number of methoxy groups -OCH3 is 1. The number of hydrogen-bond donors (Lipinski definition) is 3. The number of hydrogen-bond acceptors (Lipinski definition) is 5. The number of nitrogens with zero attached hydrogens (tertiary/aromatic N) is 1. The molecule has 0 aliphatic rings. The molecule has 0 heterocycles. The van der Waals surface area contributed by atoms with Crippen molar-refractivity contribution in [3.8, 4) is 5.75 Å². The first-order chi connectivity index (χ1) is 8.21. The van der Waals surface area contributed by atoms with Crippen molar-refractivity contribution in [2.24, 2.45) is 5.73 Å². The largest absolute Gasteiger partial charge is 0.497 e. The van der Waals surface area contributed by atoms with Crippen LogP contribution in [0.15, 0.2) is 24.3 Å². The van der Waals surface area contributed by atoms with Gasteiger partial charge in [0, 0.05) is 31.4 Å². The molecule has 0 spiro atoms. The molecule has 0 fully saturated rings. The predicted molar refractivity (Wildman–Crippen MR) is 67.4 cm³/mol. The molecular weight excluding hydrogens is 220 g/mol. The molecule has 0 aliphatic carbocycles. The zero-order valence-electron chi connectivity index (χ0n) is 10.0. The van der Waals surface area contributed by atoms with Crippen molar-refractivity contribution >= 4 is 5.69 Å². The molecule has 0 amide bonds. The third-order valence-electron chi connectivity index (χ3n) is 2.49. The minimum atomic E-state index is -0.604. The molecule has 0 saturated carbocycles. The topological polar surface area (TPSA) is 79.0 Å². The standard InChI is InChI=1S/C12H20N2O3/c1-17-12-4-2-3-10(7-12)14(5-6-15)9-11(16)8-13/h2-4,7,11,15-16H,5-6,8-9,13H2,1H3. The van der Waals surface area contributed by atoms with E-state index in [9.17, 15) is 5.11 Å². The quantitative estimate of drug-likeness (QED) is 0.616. The smallest absolute Gasteiger partial charge is 0.120 e. The first-order valence-electron chi connectivity index (χ1n) is 5.59. The average Bonchev–Trinajstić information content (AvgIpc) is 2.38. The van der Waals surface area contributed by atoms with Crippen LogP contribution in [0.1, 0.15) is 0 Å². The van der Waals surface area contributed by atoms with Crippen molar-refractivity contribution in [2.45, 2.75) is 6.10 Å². The molecule has 1 rings (SSSR count). The van der Waals surface area contributed by atoms with Gasteiger partial charge in [-0.3, -0.25) is 0 Å². The van der Waals surface area contributed by atoms with Gasteiger partial charge in [0.2, 0.25) is 0 Å². The fraction of sp³-hybridized carbons (Fsp3) is 0.500. The van der Waals surface area contributed by atoms with Crippen molar-refractivity contribution in [2.75, 3.05) is 38.3 Å². The van der Waals surface area contributed by atoms with Gasteiger partial charge in [0.15, 0.2) is 0 Å². The Hall–Kier alpha value is -1.30. The van der Waals surface area contributed by atoms with Gasteiger partial charge in [0.05, 0.1) is 19.8 Å². The Morgan fingerprint density at radius 3 is 2.82 bits per heavy atom. The highest BCUT2D eigenvalue weighted by molar-refractivity contribution is 5.50. The predicted octanol–water partition coefficient (Wildman–Crippen LogP) is -0.186. The van der Waals surface area contributed by atoms with Gasteiger partial charge in [-0.15, -0.1) is 0 Å². The van der Waals surface area contributed by atoms with E-state index in [0.29, 0.717) is 13.1 Å². The fourth-order valence-electron chi connectivity index (χ4n) is 1.58. The van der Waals surface area contributed by atoms with Gasteiger partial charge in [-0.1, -0.05) is 6.07 Å². The minimum absolute atomic E-state index is 0.0223. The molecule has 1 atom stereocenters. The number of benzene rings is 1. The number of rotatable bonds is 7. The SMILES string of the molecule is COc1cccc(N(CCO)CC(O)CN)c1. The van der Waals surface area contributed by atoms with Crippen molar-refractivity contribution < 1.29 is 14.9 Å². The van der Waals surface area contributed by atoms with E-state index in [1.165, 1.54) is 0 Å². The van der Waals surface area contributed by atoms with E-state index in [-0.39, 0.29) is 13.2 Å². The van der Waals surface area contributed by atoms with Crippen LogP contribution in [0.3, 0.4) is 0 Å². The summed E-state index contributed by atoms with van der Waals surface area (Å²) in [6.45, 7) is 1.06. The molecular formula is C12H20N2O3. The maximum absolute atomic E-state index is 9.56.